The van der Waals surface area contributed by atoms with Crippen molar-refractivity contribution in [2.45, 2.75) is 6.18 Å². The van der Waals surface area contributed by atoms with Crippen molar-refractivity contribution in [2.24, 2.45) is 0 Å². The van der Waals surface area contributed by atoms with Crippen LogP contribution in [0.15, 0.2) is 28.9 Å². The quantitative estimate of drug-likeness (QED) is 0.205. The first kappa shape index (κ1) is 22.5. The summed E-state index contributed by atoms with van der Waals surface area (Å²) in [5.41, 5.74) is 2.30. The van der Waals surface area contributed by atoms with Gasteiger partial charge in [0.25, 0.3) is 5.91 Å². The maximum Gasteiger partial charge on any atom is 0.433 e. The van der Waals surface area contributed by atoms with E-state index in [0.717, 1.165) is 0 Å². The third kappa shape index (κ3) is 3.65. The van der Waals surface area contributed by atoms with E-state index in [0.29, 0.717) is 17.4 Å². The number of rotatable bonds is 3. The number of nitrogens with one attached hydrogen (secondary N) is 1. The Balaban J connectivity index is 1.87. The molecule has 33 heavy (non-hydrogen) atoms. The number of aromatic nitrogens is 1. The fourth-order valence-electron chi connectivity index (χ4n) is 2.95. The van der Waals surface area contributed by atoms with Crippen LogP contribution in [-0.4, -0.2) is 10.9 Å². The first-order valence-corrected chi connectivity index (χ1v) is 9.40. The highest BCUT2D eigenvalue weighted by atomic mass is 32.1. The summed E-state index contributed by atoms with van der Waals surface area (Å²) in [5, 5.41) is 1.39. The molecule has 5 nitrogen and oxygen atoms in total. The summed E-state index contributed by atoms with van der Waals surface area (Å²) in [7, 11) is 0. The largest absolute Gasteiger partial charge is 0.464 e. The summed E-state index contributed by atoms with van der Waals surface area (Å²) < 4.78 is 113. The smallest absolute Gasteiger partial charge is 0.433 e. The summed E-state index contributed by atoms with van der Waals surface area (Å²) >= 11 is 0.320. The zero-order chi connectivity index (χ0) is 24.2. The number of pyridine rings is 1. The standard InChI is InChI=1S/C19H7F8N3O2S/c20-9-10(21)12(23)15(13(24)11(9)22)30-17(31)16-14(28)8-5(6-2-1-3-32-6)4-7(19(25,26)27)29-18(8)33-16/h1-4H,28H2,(H,30,31). The molecule has 4 rings (SSSR count). The average Bonchev–Trinajstić information content (AvgIpc) is 3.41. The number of nitrogen functional groups attached to an aromatic ring is 1. The van der Waals surface area contributed by atoms with E-state index in [9.17, 15) is 39.9 Å². The molecular formula is C19H7F8N3O2S. The van der Waals surface area contributed by atoms with Crippen molar-refractivity contribution in [2.75, 3.05) is 11.1 Å². The number of hydrogen-bond acceptors (Lipinski definition) is 5. The summed E-state index contributed by atoms with van der Waals surface area (Å²) in [6.45, 7) is 0. The van der Waals surface area contributed by atoms with E-state index in [2.05, 4.69) is 4.98 Å². The minimum Gasteiger partial charge on any atom is -0.464 e. The Kier molecular flexibility index (Phi) is 5.27. The molecule has 0 unspecified atom stereocenters. The van der Waals surface area contributed by atoms with Crippen LogP contribution in [0.5, 0.6) is 0 Å². The molecule has 3 heterocycles. The van der Waals surface area contributed by atoms with Crippen molar-refractivity contribution in [1.29, 1.82) is 0 Å². The third-order valence-electron chi connectivity index (χ3n) is 4.43. The molecule has 1 amide bonds. The van der Waals surface area contributed by atoms with Crippen molar-refractivity contribution in [3.05, 3.63) is 64.1 Å². The van der Waals surface area contributed by atoms with Crippen molar-refractivity contribution < 1.29 is 44.3 Å². The van der Waals surface area contributed by atoms with Crippen molar-refractivity contribution in [3.63, 3.8) is 0 Å². The van der Waals surface area contributed by atoms with Gasteiger partial charge in [-0.3, -0.25) is 4.79 Å². The number of carbonyl (C=O) groups excluding carboxylic acids is 1. The van der Waals surface area contributed by atoms with Crippen LogP contribution in [0.3, 0.4) is 0 Å². The lowest BCUT2D eigenvalue weighted by Gasteiger charge is -2.10. The zero-order valence-corrected chi connectivity index (χ0v) is 16.4. The minimum absolute atomic E-state index is 0.0517. The molecular weight excluding hydrogens is 486 g/mol. The van der Waals surface area contributed by atoms with Gasteiger partial charge in [0.05, 0.1) is 12.0 Å². The molecule has 0 atom stereocenters. The Morgan fingerprint density at radius 3 is 2.18 bits per heavy atom. The molecule has 0 aliphatic carbocycles. The summed E-state index contributed by atoms with van der Waals surface area (Å²) in [5.74, 6) is -13.1. The number of hydrogen-bond donors (Lipinski definition) is 2. The highest BCUT2D eigenvalue weighted by molar-refractivity contribution is 7.21. The molecule has 1 aromatic carbocycles. The van der Waals surface area contributed by atoms with Crippen LogP contribution < -0.4 is 11.1 Å². The number of nitrogens with two attached hydrogens (primary N) is 1. The molecule has 0 saturated carbocycles. The number of nitrogens with zero attached hydrogens (tertiary/aromatic N) is 1. The normalized spacial score (nSPS) is 11.9. The monoisotopic (exact) mass is 493 g/mol. The van der Waals surface area contributed by atoms with Crippen molar-refractivity contribution >= 4 is 38.8 Å². The predicted molar refractivity (Wildman–Crippen MR) is 101 cm³/mol. The SMILES string of the molecule is Nc1c(C(=O)Nc2c(F)c(F)c(F)c(F)c2F)sc2nc(C(F)(F)F)cc(-c3ccco3)c12. The molecule has 3 N–H and O–H groups in total. The molecule has 0 aliphatic heterocycles. The Morgan fingerprint density at radius 2 is 1.64 bits per heavy atom. The van der Waals surface area contributed by atoms with Gasteiger partial charge >= 0.3 is 6.18 Å². The lowest BCUT2D eigenvalue weighted by Crippen LogP contribution is -2.17. The minimum atomic E-state index is -4.88. The second-order valence-corrected chi connectivity index (χ2v) is 7.45. The van der Waals surface area contributed by atoms with Gasteiger partial charge < -0.3 is 15.5 Å². The second-order valence-electron chi connectivity index (χ2n) is 6.45. The molecule has 0 saturated heterocycles. The molecule has 14 heteroatoms. The van der Waals surface area contributed by atoms with E-state index < -0.39 is 63.1 Å². The van der Waals surface area contributed by atoms with Crippen LogP contribution in [-0.2, 0) is 6.18 Å². The summed E-state index contributed by atoms with van der Waals surface area (Å²) in [4.78, 5) is 15.1. The van der Waals surface area contributed by atoms with Crippen LogP contribution in [0, 0.1) is 29.1 Å². The van der Waals surface area contributed by atoms with Gasteiger partial charge in [0, 0.05) is 10.9 Å². The highest BCUT2D eigenvalue weighted by Gasteiger charge is 2.35. The van der Waals surface area contributed by atoms with Gasteiger partial charge in [-0.25, -0.2) is 26.9 Å². The number of benzene rings is 1. The number of furan rings is 1. The molecule has 0 radical (unpaired) electrons. The van der Waals surface area contributed by atoms with Gasteiger partial charge in [-0.1, -0.05) is 0 Å². The Morgan fingerprint density at radius 1 is 1.03 bits per heavy atom. The number of halogens is 8. The molecule has 172 valence electrons. The Bertz CT molecular complexity index is 1380. The van der Waals surface area contributed by atoms with Gasteiger partial charge in [-0.15, -0.1) is 11.3 Å². The fourth-order valence-corrected chi connectivity index (χ4v) is 3.96. The van der Waals surface area contributed by atoms with Gasteiger partial charge in [-0.2, -0.15) is 13.2 Å². The van der Waals surface area contributed by atoms with E-state index in [1.165, 1.54) is 23.7 Å². The number of anilines is 2. The number of fused-ring (bicyclic) bond motifs is 1. The van der Waals surface area contributed by atoms with E-state index in [1.807, 2.05) is 0 Å². The molecule has 0 aliphatic rings. The lowest BCUT2D eigenvalue weighted by atomic mass is 10.1. The van der Waals surface area contributed by atoms with Crippen molar-refractivity contribution in [3.8, 4) is 11.3 Å². The van der Waals surface area contributed by atoms with Crippen LogP contribution in [0.25, 0.3) is 21.5 Å². The zero-order valence-electron chi connectivity index (χ0n) is 15.6. The fraction of sp³-hybridized carbons (Fsp3) is 0.0526. The van der Waals surface area contributed by atoms with Crippen LogP contribution >= 0.6 is 11.3 Å². The van der Waals surface area contributed by atoms with Gasteiger partial charge in [0.2, 0.25) is 5.82 Å². The maximum absolute atomic E-state index is 13.9. The number of carbonyl (C=O) groups is 1. The molecule has 0 fully saturated rings. The Labute approximate surface area is 181 Å². The first-order valence-electron chi connectivity index (χ1n) is 8.58. The van der Waals surface area contributed by atoms with Crippen LogP contribution in [0.1, 0.15) is 15.4 Å². The van der Waals surface area contributed by atoms with E-state index >= 15 is 0 Å². The third-order valence-corrected chi connectivity index (χ3v) is 5.53. The second kappa shape index (κ2) is 7.72. The van der Waals surface area contributed by atoms with Gasteiger partial charge in [0.15, 0.2) is 23.3 Å². The van der Waals surface area contributed by atoms with E-state index in [-0.39, 0.29) is 21.5 Å². The summed E-state index contributed by atoms with van der Waals surface area (Å²) in [6, 6.07) is 3.34. The van der Waals surface area contributed by atoms with Gasteiger partial charge in [0.1, 0.15) is 26.8 Å². The Hall–Kier alpha value is -3.68. The average molecular weight is 493 g/mol. The number of thiophene rings is 1. The number of alkyl halides is 3. The highest BCUT2D eigenvalue weighted by Crippen LogP contribution is 2.43. The lowest BCUT2D eigenvalue weighted by molar-refractivity contribution is -0.140. The molecule has 0 spiro atoms. The summed E-state index contributed by atoms with van der Waals surface area (Å²) in [6.07, 6.45) is -3.71. The van der Waals surface area contributed by atoms with Gasteiger partial charge in [-0.05, 0) is 18.2 Å². The topological polar surface area (TPSA) is 81.2 Å². The van der Waals surface area contributed by atoms with Crippen molar-refractivity contribution in [1.82, 2.24) is 4.98 Å². The maximum atomic E-state index is 13.9. The molecule has 3 aromatic heterocycles. The number of amides is 1. The van der Waals surface area contributed by atoms with Crippen LogP contribution in [0.2, 0.25) is 0 Å². The van der Waals surface area contributed by atoms with E-state index in [4.69, 9.17) is 10.2 Å². The van der Waals surface area contributed by atoms with Crippen LogP contribution in [0.4, 0.5) is 46.5 Å². The molecule has 4 aromatic rings. The first-order chi connectivity index (χ1) is 15.4. The van der Waals surface area contributed by atoms with E-state index in [1.54, 1.807) is 0 Å². The predicted octanol–water partition coefficient (Wildman–Crippen LogP) is 6.11. The molecule has 0 bridgehead atoms.